The molecule has 2 fully saturated rings. The Labute approximate surface area is 682 Å². The first kappa shape index (κ1) is 90.0. The van der Waals surface area contributed by atoms with Gasteiger partial charge in [-0.15, -0.1) is 0 Å². The second-order valence-electron chi connectivity index (χ2n) is 30.2. The Kier molecular flexibility index (Phi) is 29.7. The number of hydrogen-bond acceptors (Lipinski definition) is 28. The number of primary amides is 1. The number of carboxylic acid groups (broad SMARTS) is 1. The first-order valence-corrected chi connectivity index (χ1v) is 40.5. The predicted molar refractivity (Wildman–Crippen MR) is 418 cm³/mol. The molecule has 0 radical (unpaired) electrons. The van der Waals surface area contributed by atoms with Gasteiger partial charge >= 0.3 is 5.97 Å². The Morgan fingerprint density at radius 3 is 1.94 bits per heavy atom. The van der Waals surface area contributed by atoms with Crippen LogP contribution in [0, 0.1) is 5.92 Å². The van der Waals surface area contributed by atoms with E-state index >= 15 is 19.2 Å². The Morgan fingerprint density at radius 2 is 1.33 bits per heavy atom. The van der Waals surface area contributed by atoms with E-state index in [0.717, 1.165) is 86.3 Å². The molecule has 7 heterocycles. The van der Waals surface area contributed by atoms with E-state index in [-0.39, 0.29) is 65.1 Å². The van der Waals surface area contributed by atoms with Crippen molar-refractivity contribution in [3.63, 3.8) is 0 Å². The number of sulfonamides is 1. The second kappa shape index (κ2) is 38.6. The van der Waals surface area contributed by atoms with Crippen molar-refractivity contribution >= 4 is 80.5 Å². The summed E-state index contributed by atoms with van der Waals surface area (Å²) in [6.45, 7) is 7.45. The molecule has 7 aliphatic heterocycles. The van der Waals surface area contributed by atoms with Gasteiger partial charge in [0.25, 0.3) is 0 Å². The number of amides is 7. The summed E-state index contributed by atoms with van der Waals surface area (Å²) in [5, 5.41) is 127. The average Bonchev–Trinajstić information content (AvgIpc) is 0.744. The number of rotatable bonds is 26. The zero-order chi connectivity index (χ0) is 85.4. The van der Waals surface area contributed by atoms with E-state index in [1.54, 1.807) is 0 Å². The van der Waals surface area contributed by atoms with Gasteiger partial charge in [-0.05, 0) is 117 Å². The molecule has 5 aromatic rings. The van der Waals surface area contributed by atoms with Gasteiger partial charge in [0.05, 0.1) is 46.0 Å². The first-order valence-electron chi connectivity index (χ1n) is 38.1. The molecule has 11 bridgehead atoms. The zero-order valence-electron chi connectivity index (χ0n) is 64.7. The van der Waals surface area contributed by atoms with Crippen LogP contribution in [-0.2, 0) is 69.1 Å². The maximum atomic E-state index is 16.3. The van der Waals surface area contributed by atoms with E-state index in [9.17, 15) is 73.6 Å². The number of nitrogens with two attached hydrogens (primary N) is 3. The van der Waals surface area contributed by atoms with E-state index in [2.05, 4.69) is 54.2 Å². The molecule has 638 valence electrons. The molecular weight excluding hydrogens is 1600 g/mol. The molecule has 2 saturated heterocycles. The van der Waals surface area contributed by atoms with Crippen molar-refractivity contribution in [1.82, 2.24) is 47.3 Å². The highest BCUT2D eigenvalue weighted by Crippen LogP contribution is 2.51. The van der Waals surface area contributed by atoms with Crippen LogP contribution in [0.15, 0.2) is 72.8 Å². The van der Waals surface area contributed by atoms with E-state index in [4.69, 9.17) is 68.8 Å². The number of aliphatic hydroxyl groups is 5. The van der Waals surface area contributed by atoms with Crippen LogP contribution in [0.3, 0.4) is 0 Å². The van der Waals surface area contributed by atoms with Crippen LogP contribution in [0.1, 0.15) is 156 Å². The standard InChI is InChI=1S/C77H100Cl2N12O25S/c1-7-8-9-10-11-12-21-117(109,110)85-20-19-84-32-41-47(93)28-40-55(63(41)97)39-23-35(13-16-46(39)92)56-71(103)91-60(74(106)89-58(40)75(107)108)62(96)37-15-18-49(43(79)25-37)113-51-27-38-26-50(66(51)116-76-67(65(99)64(98)52(31-80)114-76)115-54-30-77(5,82)68(100)34(4)111-54)112-48-17-14-36(24-42(48)78)61(95)59(90-69(101)44(83-6)22-33(2)3)73(105)86-45(29-53(81)94)70(102)87-57(38)72(104)88-56/h13-18,23-28,33-34,44-45,52,54,56-62,64-65,67-68,76,83-85,92-93,95-100H,7-12,19-22,29-32,80,82H2,1-6H3,(H2,81,94)(H,86,105)(H,87,102)(H,88,104)(H,89,106)(H,90,101)(H,91,103)(H,107,108)/t34-,44+,45-,52+,54-,56+,57+,58-,59+,60-,61+,62+,64+,65-,67+,68+,76-,77-/m0/s1. The van der Waals surface area contributed by atoms with Crippen LogP contribution in [0.2, 0.25) is 10.0 Å². The Hall–Kier alpha value is -9.33. The molecule has 117 heavy (non-hydrogen) atoms. The van der Waals surface area contributed by atoms with Crippen molar-refractivity contribution in [3.05, 3.63) is 116 Å². The number of fused-ring (bicyclic) bond motifs is 15. The molecule has 37 nitrogen and oxygen atoms in total. The molecule has 24 N–H and O–H groups in total. The van der Waals surface area contributed by atoms with Gasteiger partial charge in [0.2, 0.25) is 63.4 Å². The number of nitrogens with one attached hydrogen (secondary N) is 9. The highest BCUT2D eigenvalue weighted by molar-refractivity contribution is 7.89. The lowest BCUT2D eigenvalue weighted by Gasteiger charge is -2.47. The molecule has 7 aliphatic rings. The summed E-state index contributed by atoms with van der Waals surface area (Å²) in [7, 11) is -2.28. The lowest BCUT2D eigenvalue weighted by Crippen LogP contribution is -2.65. The second-order valence-corrected chi connectivity index (χ2v) is 32.9. The van der Waals surface area contributed by atoms with Crippen LogP contribution < -0.4 is 78.7 Å². The number of carbonyl (C=O) groups excluding carboxylic acids is 7. The van der Waals surface area contributed by atoms with Crippen molar-refractivity contribution in [3.8, 4) is 57.1 Å². The number of likely N-dealkylation sites (N-methyl/N-ethyl adjacent to an activating group) is 1. The number of carboxylic acids is 1. The average molecular weight is 1700 g/mol. The highest BCUT2D eigenvalue weighted by atomic mass is 35.5. The fourth-order valence-electron chi connectivity index (χ4n) is 14.4. The fraction of sp³-hybridized carbons (Fsp3) is 0.506. The smallest absolute Gasteiger partial charge is 0.330 e. The molecule has 0 aromatic heterocycles. The van der Waals surface area contributed by atoms with Crippen molar-refractivity contribution in [2.75, 3.05) is 32.4 Å². The van der Waals surface area contributed by atoms with E-state index in [0.29, 0.717) is 12.8 Å². The predicted octanol–water partition coefficient (Wildman–Crippen LogP) is 1.44. The lowest BCUT2D eigenvalue weighted by molar-refractivity contribution is -0.330. The Balaban J connectivity index is 1.18. The molecular formula is C77H100Cl2N12O25S. The van der Waals surface area contributed by atoms with Crippen molar-refractivity contribution in [2.45, 2.75) is 208 Å². The molecule has 0 unspecified atom stereocenters. The molecule has 0 saturated carbocycles. The summed E-state index contributed by atoms with van der Waals surface area (Å²) in [6, 6.07) is -1.77. The molecule has 40 heteroatoms. The van der Waals surface area contributed by atoms with E-state index < -0.39 is 259 Å². The van der Waals surface area contributed by atoms with Crippen molar-refractivity contribution in [2.24, 2.45) is 23.1 Å². The van der Waals surface area contributed by atoms with Crippen LogP contribution in [-0.4, -0.2) is 213 Å². The SMILES string of the molecule is CCCCCCCCS(=O)(=O)NCCNCc1c(O)cc2c(c1O)-c1cc(ccc1O)[C@H]1NC(=O)[C@@H]3NC(=O)[C@H](CC(N)=O)NC(=O)[C@H](NC(=O)[C@@H](CC(C)C)NC)[C@H](O)c4ccc(c(Cl)c4)Oc4cc3cc(c4O[C@@H]3O[C@H](CN)[C@@H](O)[C@H](O)[C@H]3O[C@H]3C[C@](C)(N)[C@H](O)[C@H](C)O3)Oc3ccc(cc3Cl)[C@@H](O)[C@H](NC1=O)C(=O)N[C@@H]2C(=O)O. The highest BCUT2D eigenvalue weighted by Gasteiger charge is 2.52. The van der Waals surface area contributed by atoms with Gasteiger partial charge in [-0.1, -0.05) is 94.3 Å². The Morgan fingerprint density at radius 1 is 0.718 bits per heavy atom. The number of aliphatic carboxylic acids is 1. The van der Waals surface area contributed by atoms with Crippen LogP contribution in [0.4, 0.5) is 0 Å². The first-order chi connectivity index (χ1) is 55.3. The summed E-state index contributed by atoms with van der Waals surface area (Å²) >= 11 is 14.3. The summed E-state index contributed by atoms with van der Waals surface area (Å²) < 4.78 is 67.2. The van der Waals surface area contributed by atoms with Gasteiger partial charge in [0.1, 0.15) is 89.5 Å². The number of phenolic OH excluding ortho intramolecular Hbond substituents is 3. The molecule has 18 atom stereocenters. The largest absolute Gasteiger partial charge is 0.507 e. The number of aromatic hydroxyl groups is 3. The minimum atomic E-state index is -3.75. The minimum Gasteiger partial charge on any atom is -0.507 e. The number of aliphatic hydroxyl groups excluding tert-OH is 5. The maximum Gasteiger partial charge on any atom is 0.330 e. The molecule has 12 rings (SSSR count). The number of hydrogen-bond donors (Lipinski definition) is 21. The minimum absolute atomic E-state index is 0.112. The van der Waals surface area contributed by atoms with Crippen molar-refractivity contribution in [1.29, 1.82) is 0 Å². The van der Waals surface area contributed by atoms with Gasteiger partial charge in [0, 0.05) is 54.8 Å². The number of ether oxygens (including phenoxy) is 6. The topological polar surface area (TPSA) is 594 Å². The summed E-state index contributed by atoms with van der Waals surface area (Å²) in [6.07, 6.45) is -13.2. The number of halogens is 2. The van der Waals surface area contributed by atoms with Crippen LogP contribution in [0.5, 0.6) is 46.0 Å². The quantitative estimate of drug-likeness (QED) is 0.0348. The summed E-state index contributed by atoms with van der Waals surface area (Å²) in [5.41, 5.74) is 13.6. The van der Waals surface area contributed by atoms with E-state index in [1.807, 2.05) is 13.8 Å². The molecule has 0 aliphatic carbocycles. The maximum absolute atomic E-state index is 16.3. The summed E-state index contributed by atoms with van der Waals surface area (Å²) in [5.74, 6) is -16.5. The van der Waals surface area contributed by atoms with Crippen molar-refractivity contribution < 1.29 is 121 Å². The van der Waals surface area contributed by atoms with Crippen LogP contribution >= 0.6 is 23.2 Å². The zero-order valence-corrected chi connectivity index (χ0v) is 67.0. The van der Waals surface area contributed by atoms with Gasteiger partial charge < -0.3 is 134 Å². The third-order valence-electron chi connectivity index (χ3n) is 20.8. The van der Waals surface area contributed by atoms with Gasteiger partial charge in [0.15, 0.2) is 29.9 Å². The van der Waals surface area contributed by atoms with Gasteiger partial charge in [-0.3, -0.25) is 33.6 Å². The van der Waals surface area contributed by atoms with Crippen LogP contribution in [0.25, 0.3) is 11.1 Å². The number of carbonyl (C=O) groups is 8. The third kappa shape index (κ3) is 21.2. The fourth-order valence-corrected chi connectivity index (χ4v) is 16.0. The number of benzene rings is 5. The molecule has 0 spiro atoms. The number of phenols is 3. The molecule has 7 amide bonds. The van der Waals surface area contributed by atoms with Gasteiger partial charge in [-0.25, -0.2) is 17.9 Å². The monoisotopic (exact) mass is 1690 g/mol. The Bertz CT molecular complexity index is 4640. The van der Waals surface area contributed by atoms with E-state index in [1.165, 1.54) is 33.0 Å². The van der Waals surface area contributed by atoms with Gasteiger partial charge in [-0.2, -0.15) is 0 Å². The third-order valence-corrected chi connectivity index (χ3v) is 22.9. The number of unbranched alkanes of at least 4 members (excludes halogenated alkanes) is 5. The summed E-state index contributed by atoms with van der Waals surface area (Å²) in [4.78, 5) is 119. The molecule has 5 aromatic carbocycles. The normalized spacial score (nSPS) is 27.2. The lowest BCUT2D eigenvalue weighted by atomic mass is 9.86.